The van der Waals surface area contributed by atoms with Gasteiger partial charge in [-0.3, -0.25) is 4.79 Å². The highest BCUT2D eigenvalue weighted by molar-refractivity contribution is 5.77. The van der Waals surface area contributed by atoms with E-state index in [1.165, 1.54) is 4.90 Å². The molecule has 24 heavy (non-hydrogen) atoms. The first kappa shape index (κ1) is 16.4. The number of anilines is 1. The lowest BCUT2D eigenvalue weighted by Gasteiger charge is -2.33. The number of hydrogen-bond acceptors (Lipinski definition) is 4. The number of nitrogens with zero attached hydrogens (tertiary/aromatic N) is 1. The van der Waals surface area contributed by atoms with E-state index < -0.39 is 0 Å². The van der Waals surface area contributed by atoms with Gasteiger partial charge in [0.1, 0.15) is 11.5 Å². The zero-order valence-electron chi connectivity index (χ0n) is 13.9. The van der Waals surface area contributed by atoms with Crippen LogP contribution in [0, 0.1) is 0 Å². The zero-order valence-corrected chi connectivity index (χ0v) is 13.9. The first-order chi connectivity index (χ1) is 11.6. The fourth-order valence-electron chi connectivity index (χ4n) is 3.05. The standard InChI is InChI=1S/C18H23N3O3/c1-14(17-3-2-12-24-17)19-18(23)13-20-8-10-21(11-9-20)15-4-6-16(22)7-5-15/h2-7,12,14,22H,8-11,13H2,1H3,(H,19,23)/p+1/t14-/m0/s1. The van der Waals surface area contributed by atoms with Crippen molar-refractivity contribution in [2.75, 3.05) is 37.6 Å². The molecule has 0 spiro atoms. The minimum atomic E-state index is -0.106. The van der Waals surface area contributed by atoms with Crippen LogP contribution in [-0.2, 0) is 4.79 Å². The summed E-state index contributed by atoms with van der Waals surface area (Å²) < 4.78 is 5.31. The monoisotopic (exact) mass is 330 g/mol. The molecule has 0 bridgehead atoms. The number of phenols is 1. The van der Waals surface area contributed by atoms with Gasteiger partial charge in [0.25, 0.3) is 5.91 Å². The van der Waals surface area contributed by atoms with Crippen molar-refractivity contribution in [3.8, 4) is 5.75 Å². The SMILES string of the molecule is C[C@H](NC(=O)C[NH+]1CCN(c2ccc(O)cc2)CC1)c1ccco1. The van der Waals surface area contributed by atoms with Gasteiger partial charge in [-0.1, -0.05) is 0 Å². The van der Waals surface area contributed by atoms with Crippen molar-refractivity contribution in [3.05, 3.63) is 48.4 Å². The first-order valence-corrected chi connectivity index (χ1v) is 8.32. The van der Waals surface area contributed by atoms with Crippen molar-refractivity contribution < 1.29 is 19.2 Å². The Morgan fingerprint density at radius 1 is 1.29 bits per heavy atom. The molecule has 1 atom stereocenters. The lowest BCUT2D eigenvalue weighted by Crippen LogP contribution is -3.15. The van der Waals surface area contributed by atoms with Gasteiger partial charge in [-0.15, -0.1) is 0 Å². The largest absolute Gasteiger partial charge is 0.508 e. The van der Waals surface area contributed by atoms with Crippen LogP contribution in [0.2, 0.25) is 0 Å². The maximum atomic E-state index is 12.2. The number of carbonyl (C=O) groups is 1. The van der Waals surface area contributed by atoms with E-state index in [1.54, 1.807) is 18.4 Å². The molecular formula is C18H24N3O3+. The van der Waals surface area contributed by atoms with Gasteiger partial charge in [0.2, 0.25) is 0 Å². The number of furan rings is 1. The Hall–Kier alpha value is -2.47. The Labute approximate surface area is 141 Å². The summed E-state index contributed by atoms with van der Waals surface area (Å²) in [5.41, 5.74) is 1.11. The van der Waals surface area contributed by atoms with Gasteiger partial charge in [0, 0.05) is 5.69 Å². The molecule has 2 heterocycles. The second kappa shape index (κ2) is 7.40. The number of amides is 1. The molecule has 6 nitrogen and oxygen atoms in total. The molecule has 2 aromatic rings. The van der Waals surface area contributed by atoms with Crippen LogP contribution >= 0.6 is 0 Å². The van der Waals surface area contributed by atoms with Gasteiger partial charge < -0.3 is 24.6 Å². The first-order valence-electron chi connectivity index (χ1n) is 8.32. The molecule has 1 saturated heterocycles. The molecule has 0 unspecified atom stereocenters. The number of piperazine rings is 1. The predicted molar refractivity (Wildman–Crippen MR) is 91.1 cm³/mol. The van der Waals surface area contributed by atoms with Crippen LogP contribution < -0.4 is 15.1 Å². The van der Waals surface area contributed by atoms with Crippen molar-refractivity contribution in [1.82, 2.24) is 5.32 Å². The summed E-state index contributed by atoms with van der Waals surface area (Å²) in [7, 11) is 0. The van der Waals surface area contributed by atoms with Crippen LogP contribution in [0.1, 0.15) is 18.7 Å². The van der Waals surface area contributed by atoms with Crippen molar-refractivity contribution in [2.45, 2.75) is 13.0 Å². The molecule has 1 aromatic carbocycles. The van der Waals surface area contributed by atoms with Crippen molar-refractivity contribution in [3.63, 3.8) is 0 Å². The van der Waals surface area contributed by atoms with Crippen molar-refractivity contribution in [1.29, 1.82) is 0 Å². The summed E-state index contributed by atoms with van der Waals surface area (Å²) in [6, 6.07) is 10.9. The van der Waals surface area contributed by atoms with Gasteiger partial charge in [0.15, 0.2) is 6.54 Å². The summed E-state index contributed by atoms with van der Waals surface area (Å²) in [5, 5.41) is 12.3. The van der Waals surface area contributed by atoms with Crippen LogP contribution in [-0.4, -0.2) is 43.7 Å². The lowest BCUT2D eigenvalue weighted by atomic mass is 10.2. The van der Waals surface area contributed by atoms with Crippen LogP contribution in [0.15, 0.2) is 47.1 Å². The number of hydrogen-bond donors (Lipinski definition) is 3. The second-order valence-corrected chi connectivity index (χ2v) is 6.23. The molecule has 6 heteroatoms. The number of phenolic OH excluding ortho intramolecular Hbond substituents is 1. The van der Waals surface area contributed by atoms with Crippen molar-refractivity contribution in [2.24, 2.45) is 0 Å². The molecule has 0 saturated carbocycles. The van der Waals surface area contributed by atoms with E-state index >= 15 is 0 Å². The lowest BCUT2D eigenvalue weighted by molar-refractivity contribution is -0.892. The molecule has 0 radical (unpaired) electrons. The number of aromatic hydroxyl groups is 1. The Bertz CT molecular complexity index is 647. The Morgan fingerprint density at radius 2 is 2.00 bits per heavy atom. The van der Waals surface area contributed by atoms with E-state index in [0.29, 0.717) is 6.54 Å². The van der Waals surface area contributed by atoms with Gasteiger partial charge >= 0.3 is 0 Å². The molecule has 0 aliphatic carbocycles. The van der Waals surface area contributed by atoms with Gasteiger partial charge in [-0.05, 0) is 43.3 Å². The highest BCUT2D eigenvalue weighted by Crippen LogP contribution is 2.18. The Kier molecular flexibility index (Phi) is 5.05. The van der Waals surface area contributed by atoms with Gasteiger partial charge in [0.05, 0.1) is 38.5 Å². The minimum Gasteiger partial charge on any atom is -0.508 e. The third-order valence-electron chi connectivity index (χ3n) is 4.44. The number of benzene rings is 1. The summed E-state index contributed by atoms with van der Waals surface area (Å²) in [4.78, 5) is 15.8. The maximum absolute atomic E-state index is 12.2. The number of rotatable bonds is 5. The maximum Gasteiger partial charge on any atom is 0.275 e. The highest BCUT2D eigenvalue weighted by atomic mass is 16.3. The third kappa shape index (κ3) is 4.08. The van der Waals surface area contributed by atoms with E-state index in [1.807, 2.05) is 31.2 Å². The summed E-state index contributed by atoms with van der Waals surface area (Å²) in [5.74, 6) is 1.10. The zero-order chi connectivity index (χ0) is 16.9. The molecule has 3 rings (SSSR count). The number of nitrogens with one attached hydrogen (secondary N) is 2. The summed E-state index contributed by atoms with van der Waals surface area (Å²) in [6.07, 6.45) is 1.62. The van der Waals surface area contributed by atoms with Crippen LogP contribution in [0.5, 0.6) is 5.75 Å². The molecule has 1 amide bonds. The summed E-state index contributed by atoms with van der Waals surface area (Å²) in [6.45, 7) is 6.05. The van der Waals surface area contributed by atoms with Gasteiger partial charge in [-0.2, -0.15) is 0 Å². The average Bonchev–Trinajstić information content (AvgIpc) is 3.11. The third-order valence-corrected chi connectivity index (χ3v) is 4.44. The van der Waals surface area contributed by atoms with Crippen molar-refractivity contribution >= 4 is 11.6 Å². The molecular weight excluding hydrogens is 306 g/mol. The molecule has 3 N–H and O–H groups in total. The van der Waals surface area contributed by atoms with E-state index in [4.69, 9.17) is 4.42 Å². The molecule has 1 aromatic heterocycles. The average molecular weight is 330 g/mol. The molecule has 1 fully saturated rings. The predicted octanol–water partition coefficient (Wildman–Crippen LogP) is 0.568. The van der Waals surface area contributed by atoms with Crippen LogP contribution in [0.25, 0.3) is 0 Å². The van der Waals surface area contributed by atoms with Gasteiger partial charge in [-0.25, -0.2) is 0 Å². The Balaban J connectivity index is 1.45. The van der Waals surface area contributed by atoms with Crippen LogP contribution in [0.3, 0.4) is 0 Å². The smallest absolute Gasteiger partial charge is 0.275 e. The number of quaternary nitrogens is 1. The fourth-order valence-corrected chi connectivity index (χ4v) is 3.05. The Morgan fingerprint density at radius 3 is 2.62 bits per heavy atom. The normalized spacial score (nSPS) is 16.8. The fraction of sp³-hybridized carbons (Fsp3) is 0.389. The topological polar surface area (TPSA) is 70.2 Å². The quantitative estimate of drug-likeness (QED) is 0.750. The number of carbonyl (C=O) groups excluding carboxylic acids is 1. The van der Waals surface area contributed by atoms with E-state index in [2.05, 4.69) is 10.2 Å². The molecule has 128 valence electrons. The van der Waals surface area contributed by atoms with Crippen LogP contribution in [0.4, 0.5) is 5.69 Å². The minimum absolute atomic E-state index is 0.0481. The van der Waals surface area contributed by atoms with E-state index in [-0.39, 0.29) is 17.7 Å². The molecule has 1 aliphatic heterocycles. The van der Waals surface area contributed by atoms with E-state index in [9.17, 15) is 9.90 Å². The molecule has 1 aliphatic rings. The summed E-state index contributed by atoms with van der Waals surface area (Å²) >= 11 is 0. The second-order valence-electron chi connectivity index (χ2n) is 6.23. The van der Waals surface area contributed by atoms with E-state index in [0.717, 1.165) is 37.6 Å². The highest BCUT2D eigenvalue weighted by Gasteiger charge is 2.23.